The van der Waals surface area contributed by atoms with Crippen LogP contribution >= 0.6 is 0 Å². The van der Waals surface area contributed by atoms with E-state index in [4.69, 9.17) is 10.00 Å². The molecule has 0 radical (unpaired) electrons. The predicted molar refractivity (Wildman–Crippen MR) is 82.6 cm³/mol. The molecule has 132 valence electrons. The Morgan fingerprint density at radius 1 is 1.24 bits per heavy atom. The van der Waals surface area contributed by atoms with Crippen LogP contribution in [-0.2, 0) is 14.3 Å². The number of nitriles is 1. The molecule has 10 heteroatoms. The van der Waals surface area contributed by atoms with Gasteiger partial charge in [0.25, 0.3) is 11.6 Å². The molecule has 0 N–H and O–H groups in total. The second-order valence-electron chi connectivity index (χ2n) is 4.82. The summed E-state index contributed by atoms with van der Waals surface area (Å²) < 4.78 is 9.28. The molecule has 0 aliphatic heterocycles. The minimum atomic E-state index is -1.00. The van der Waals surface area contributed by atoms with E-state index in [2.05, 4.69) is 4.74 Å². The predicted octanol–water partition coefficient (Wildman–Crippen LogP) is 0.910. The average Bonchev–Trinajstić information content (AvgIpc) is 2.62. The van der Waals surface area contributed by atoms with Crippen molar-refractivity contribution in [2.45, 2.75) is 6.42 Å². The van der Waals surface area contributed by atoms with Crippen LogP contribution in [0.1, 0.15) is 27.1 Å². The molecule has 0 bridgehead atoms. The third-order valence-electron chi connectivity index (χ3n) is 3.10. The van der Waals surface area contributed by atoms with Crippen molar-refractivity contribution in [2.24, 2.45) is 0 Å². The van der Waals surface area contributed by atoms with Crippen LogP contribution in [0.25, 0.3) is 0 Å². The highest BCUT2D eigenvalue weighted by Crippen LogP contribution is 2.19. The van der Waals surface area contributed by atoms with E-state index < -0.39 is 35.1 Å². The maximum absolute atomic E-state index is 12.0. The first kappa shape index (κ1) is 19.6. The van der Waals surface area contributed by atoms with E-state index in [-0.39, 0.29) is 24.1 Å². The molecule has 0 atom stereocenters. The first-order chi connectivity index (χ1) is 11.8. The number of carbonyl (C=O) groups excluding carboxylic acids is 3. The second kappa shape index (κ2) is 8.97. The fraction of sp³-hybridized carbons (Fsp3) is 0.333. The molecule has 0 unspecified atom stereocenters. The molecule has 1 rings (SSSR count). The Morgan fingerprint density at radius 2 is 1.84 bits per heavy atom. The van der Waals surface area contributed by atoms with Crippen LogP contribution < -0.4 is 0 Å². The summed E-state index contributed by atoms with van der Waals surface area (Å²) in [5.41, 5.74) is -0.949. The van der Waals surface area contributed by atoms with E-state index in [1.54, 1.807) is 0 Å². The zero-order valence-corrected chi connectivity index (χ0v) is 13.6. The Hall–Kier alpha value is -3.48. The van der Waals surface area contributed by atoms with E-state index in [0.717, 1.165) is 25.3 Å². The Labute approximate surface area is 142 Å². The molecule has 10 nitrogen and oxygen atoms in total. The van der Waals surface area contributed by atoms with Crippen LogP contribution in [0.4, 0.5) is 5.69 Å². The number of methoxy groups -OCH3 is 1. The molecule has 0 aliphatic carbocycles. The summed E-state index contributed by atoms with van der Waals surface area (Å²) in [5.74, 6) is -2.40. The highest BCUT2D eigenvalue weighted by Gasteiger charge is 2.20. The standard InChI is InChI=1S/C15H15N3O7/c1-17(5-3-4-16)13(19)9-25-15(21)11-6-10(14(20)24-2)7-12(8-11)18(22)23/h6-8H,3,5,9H2,1-2H3. The molecular formula is C15H15N3O7. The van der Waals surface area contributed by atoms with Crippen molar-refractivity contribution in [1.29, 1.82) is 5.26 Å². The van der Waals surface area contributed by atoms with E-state index >= 15 is 0 Å². The number of nitro benzene ring substituents is 1. The number of ether oxygens (including phenoxy) is 2. The van der Waals surface area contributed by atoms with Crippen LogP contribution in [0.5, 0.6) is 0 Å². The van der Waals surface area contributed by atoms with Gasteiger partial charge in [-0.2, -0.15) is 5.26 Å². The topological polar surface area (TPSA) is 140 Å². The number of hydrogen-bond donors (Lipinski definition) is 0. The largest absolute Gasteiger partial charge is 0.465 e. The molecule has 0 fully saturated rings. The molecule has 1 aromatic carbocycles. The van der Waals surface area contributed by atoms with Gasteiger partial charge >= 0.3 is 11.9 Å². The lowest BCUT2D eigenvalue weighted by atomic mass is 10.1. The van der Waals surface area contributed by atoms with Gasteiger partial charge in [0.2, 0.25) is 0 Å². The highest BCUT2D eigenvalue weighted by atomic mass is 16.6. The average molecular weight is 349 g/mol. The summed E-state index contributed by atoms with van der Waals surface area (Å²) in [6.07, 6.45) is 0.129. The van der Waals surface area contributed by atoms with Gasteiger partial charge in [0.15, 0.2) is 6.61 Å². The van der Waals surface area contributed by atoms with Gasteiger partial charge in [-0.3, -0.25) is 14.9 Å². The number of rotatable bonds is 7. The SMILES string of the molecule is COC(=O)c1cc(C(=O)OCC(=O)N(C)CCC#N)cc([N+](=O)[O-])c1. The Morgan fingerprint density at radius 3 is 2.36 bits per heavy atom. The van der Waals surface area contributed by atoms with Crippen LogP contribution in [0, 0.1) is 21.4 Å². The number of non-ortho nitro benzene ring substituents is 1. The zero-order chi connectivity index (χ0) is 19.0. The quantitative estimate of drug-likeness (QED) is 0.402. The lowest BCUT2D eigenvalue weighted by Gasteiger charge is -2.15. The minimum absolute atomic E-state index is 0.129. The van der Waals surface area contributed by atoms with Crippen molar-refractivity contribution >= 4 is 23.5 Å². The Kier molecular flexibility index (Phi) is 7.02. The van der Waals surface area contributed by atoms with Gasteiger partial charge in [-0.1, -0.05) is 0 Å². The van der Waals surface area contributed by atoms with Gasteiger partial charge in [0.05, 0.1) is 35.7 Å². The van der Waals surface area contributed by atoms with Gasteiger partial charge < -0.3 is 14.4 Å². The van der Waals surface area contributed by atoms with E-state index in [9.17, 15) is 24.5 Å². The monoisotopic (exact) mass is 349 g/mol. The molecule has 1 aromatic rings. The number of likely N-dealkylation sites (N-methyl/N-ethyl adjacent to an activating group) is 1. The zero-order valence-electron chi connectivity index (χ0n) is 13.6. The van der Waals surface area contributed by atoms with Crippen molar-refractivity contribution in [1.82, 2.24) is 4.90 Å². The number of carbonyl (C=O) groups is 3. The summed E-state index contributed by atoms with van der Waals surface area (Å²) in [6, 6.07) is 4.84. The molecular weight excluding hydrogens is 334 g/mol. The van der Waals surface area contributed by atoms with Crippen LogP contribution in [0.3, 0.4) is 0 Å². The molecule has 25 heavy (non-hydrogen) atoms. The third kappa shape index (κ3) is 5.58. The Bertz CT molecular complexity index is 739. The highest BCUT2D eigenvalue weighted by molar-refractivity contribution is 5.97. The maximum Gasteiger partial charge on any atom is 0.338 e. The number of nitro groups is 1. The molecule has 0 heterocycles. The van der Waals surface area contributed by atoms with Gasteiger partial charge in [0.1, 0.15) is 0 Å². The molecule has 0 saturated carbocycles. The number of esters is 2. The molecule has 0 aliphatic rings. The van der Waals surface area contributed by atoms with Crippen molar-refractivity contribution in [3.8, 4) is 6.07 Å². The van der Waals surface area contributed by atoms with Crippen molar-refractivity contribution in [3.63, 3.8) is 0 Å². The van der Waals surface area contributed by atoms with E-state index in [1.165, 1.54) is 11.9 Å². The smallest absolute Gasteiger partial charge is 0.338 e. The summed E-state index contributed by atoms with van der Waals surface area (Å²) in [7, 11) is 2.53. The summed E-state index contributed by atoms with van der Waals surface area (Å²) in [5, 5.41) is 19.4. The molecule has 0 spiro atoms. The number of nitrogens with zero attached hydrogens (tertiary/aromatic N) is 3. The first-order valence-electron chi connectivity index (χ1n) is 6.96. The van der Waals surface area contributed by atoms with Gasteiger partial charge in [-0.15, -0.1) is 0 Å². The van der Waals surface area contributed by atoms with Crippen molar-refractivity contribution < 1.29 is 28.8 Å². The maximum atomic E-state index is 12.0. The fourth-order valence-corrected chi connectivity index (χ4v) is 1.73. The molecule has 0 aromatic heterocycles. The molecule has 1 amide bonds. The fourth-order valence-electron chi connectivity index (χ4n) is 1.73. The second-order valence-corrected chi connectivity index (χ2v) is 4.82. The van der Waals surface area contributed by atoms with Crippen LogP contribution in [0.15, 0.2) is 18.2 Å². The number of benzene rings is 1. The first-order valence-corrected chi connectivity index (χ1v) is 6.96. The normalized spacial score (nSPS) is 9.64. The van der Waals surface area contributed by atoms with Crippen LogP contribution in [0.2, 0.25) is 0 Å². The van der Waals surface area contributed by atoms with Gasteiger partial charge in [-0.25, -0.2) is 9.59 Å². The minimum Gasteiger partial charge on any atom is -0.465 e. The summed E-state index contributed by atoms with van der Waals surface area (Å²) >= 11 is 0. The Balaban J connectivity index is 2.89. The van der Waals surface area contributed by atoms with E-state index in [1.807, 2.05) is 6.07 Å². The lowest BCUT2D eigenvalue weighted by molar-refractivity contribution is -0.384. The lowest BCUT2D eigenvalue weighted by Crippen LogP contribution is -2.32. The number of amides is 1. The summed E-state index contributed by atoms with van der Waals surface area (Å²) in [4.78, 5) is 46.6. The van der Waals surface area contributed by atoms with Crippen LogP contribution in [-0.4, -0.2) is 55.0 Å². The van der Waals surface area contributed by atoms with Gasteiger partial charge in [0, 0.05) is 25.7 Å². The van der Waals surface area contributed by atoms with Gasteiger partial charge in [-0.05, 0) is 6.07 Å². The van der Waals surface area contributed by atoms with Crippen molar-refractivity contribution in [3.05, 3.63) is 39.4 Å². The van der Waals surface area contributed by atoms with E-state index in [0.29, 0.717) is 0 Å². The summed E-state index contributed by atoms with van der Waals surface area (Å²) in [6.45, 7) is -0.423. The number of hydrogen-bond acceptors (Lipinski definition) is 8. The van der Waals surface area contributed by atoms with Crippen molar-refractivity contribution in [2.75, 3.05) is 27.3 Å². The molecule has 0 saturated heterocycles. The third-order valence-corrected chi connectivity index (χ3v) is 3.10.